The van der Waals surface area contributed by atoms with Gasteiger partial charge in [-0.2, -0.15) is 11.8 Å². The number of quaternary nitrogens is 1. The van der Waals surface area contributed by atoms with Crippen molar-refractivity contribution in [3.63, 3.8) is 0 Å². The first-order valence-corrected chi connectivity index (χ1v) is 10.9. The van der Waals surface area contributed by atoms with Crippen molar-refractivity contribution in [1.29, 1.82) is 0 Å². The van der Waals surface area contributed by atoms with E-state index in [4.69, 9.17) is 0 Å². The Kier molecular flexibility index (Phi) is 4.35. The fourth-order valence-electron chi connectivity index (χ4n) is 5.11. The molecule has 4 rings (SSSR count). The first-order valence-electron chi connectivity index (χ1n) is 9.47. The second-order valence-corrected chi connectivity index (χ2v) is 9.80. The van der Waals surface area contributed by atoms with Crippen molar-refractivity contribution in [2.75, 3.05) is 17.3 Å². The molecule has 150 valence electrons. The molecule has 8 heteroatoms. The molecule has 1 spiro atoms. The monoisotopic (exact) mass is 406 g/mol. The molecular formula is C20H25FN3O3S+. The molecule has 1 aromatic carbocycles. The van der Waals surface area contributed by atoms with Gasteiger partial charge in [0.2, 0.25) is 17.4 Å². The third kappa shape index (κ3) is 2.47. The van der Waals surface area contributed by atoms with Gasteiger partial charge in [-0.05, 0) is 51.0 Å². The molecule has 2 saturated heterocycles. The molecule has 0 bridgehead atoms. The van der Waals surface area contributed by atoms with Crippen LogP contribution in [-0.2, 0) is 19.9 Å². The van der Waals surface area contributed by atoms with Crippen LogP contribution in [0.1, 0.15) is 32.8 Å². The summed E-state index contributed by atoms with van der Waals surface area (Å²) < 4.78 is 14.1. The first kappa shape index (κ1) is 19.4. The van der Waals surface area contributed by atoms with Gasteiger partial charge in [0.15, 0.2) is 0 Å². The van der Waals surface area contributed by atoms with E-state index in [2.05, 4.69) is 5.32 Å². The number of halogens is 1. The van der Waals surface area contributed by atoms with Gasteiger partial charge in [-0.1, -0.05) is 0 Å². The summed E-state index contributed by atoms with van der Waals surface area (Å²) in [5, 5.41) is 4.67. The quantitative estimate of drug-likeness (QED) is 0.736. The highest BCUT2D eigenvalue weighted by Gasteiger charge is 2.74. The molecule has 0 aromatic heterocycles. The van der Waals surface area contributed by atoms with E-state index in [1.807, 2.05) is 32.3 Å². The second-order valence-electron chi connectivity index (χ2n) is 8.81. The number of carbonyl (C=O) groups excluding carboxylic acids is 3. The van der Waals surface area contributed by atoms with Crippen LogP contribution in [0.5, 0.6) is 0 Å². The molecular weight excluding hydrogens is 381 g/mol. The number of hydrogen-bond donors (Lipinski definition) is 2. The van der Waals surface area contributed by atoms with Gasteiger partial charge in [0.1, 0.15) is 23.7 Å². The van der Waals surface area contributed by atoms with Crippen LogP contribution in [0.25, 0.3) is 0 Å². The second kappa shape index (κ2) is 6.29. The molecule has 0 radical (unpaired) electrons. The molecule has 0 unspecified atom stereocenters. The van der Waals surface area contributed by atoms with Crippen molar-refractivity contribution >= 4 is 35.2 Å². The van der Waals surface area contributed by atoms with Crippen molar-refractivity contribution < 1.29 is 24.1 Å². The molecule has 3 aliphatic rings. The van der Waals surface area contributed by atoms with Crippen LogP contribution < -0.4 is 10.6 Å². The van der Waals surface area contributed by atoms with Gasteiger partial charge in [0.05, 0.1) is 5.69 Å². The summed E-state index contributed by atoms with van der Waals surface area (Å²) in [6.45, 7) is 5.46. The molecule has 0 aliphatic carbocycles. The summed E-state index contributed by atoms with van der Waals surface area (Å²) in [5.41, 5.74) is -0.987. The van der Waals surface area contributed by atoms with Gasteiger partial charge in [-0.3, -0.25) is 19.3 Å². The van der Waals surface area contributed by atoms with Gasteiger partial charge in [-0.15, -0.1) is 0 Å². The maximum Gasteiger partial charge on any atom is 0.291 e. The zero-order valence-electron chi connectivity index (χ0n) is 16.4. The minimum absolute atomic E-state index is 0.207. The van der Waals surface area contributed by atoms with Crippen LogP contribution in [0.3, 0.4) is 0 Å². The lowest BCUT2D eigenvalue weighted by Crippen LogP contribution is -2.99. The Morgan fingerprint density at radius 1 is 1.25 bits per heavy atom. The van der Waals surface area contributed by atoms with Gasteiger partial charge in [0, 0.05) is 17.5 Å². The Hall–Kier alpha value is -1.93. The van der Waals surface area contributed by atoms with E-state index in [1.165, 1.54) is 23.1 Å². The zero-order valence-corrected chi connectivity index (χ0v) is 17.2. The first-order chi connectivity index (χ1) is 13.1. The summed E-state index contributed by atoms with van der Waals surface area (Å²) in [5.74, 6) is -1.96. The van der Waals surface area contributed by atoms with Gasteiger partial charge in [-0.25, -0.2) is 4.39 Å². The van der Waals surface area contributed by atoms with Crippen LogP contribution in [-0.4, -0.2) is 46.2 Å². The van der Waals surface area contributed by atoms with Gasteiger partial charge >= 0.3 is 0 Å². The lowest BCUT2D eigenvalue weighted by Gasteiger charge is -2.33. The molecule has 3 amide bonds. The van der Waals surface area contributed by atoms with Crippen LogP contribution in [0.2, 0.25) is 0 Å². The normalized spacial score (nSPS) is 31.5. The van der Waals surface area contributed by atoms with E-state index in [9.17, 15) is 18.8 Å². The highest BCUT2D eigenvalue weighted by atomic mass is 32.2. The molecule has 0 saturated carbocycles. The maximum atomic E-state index is 14.1. The van der Waals surface area contributed by atoms with E-state index in [0.29, 0.717) is 17.7 Å². The third-order valence-electron chi connectivity index (χ3n) is 6.16. The Labute approximate surface area is 167 Å². The van der Waals surface area contributed by atoms with E-state index < -0.39 is 28.7 Å². The van der Waals surface area contributed by atoms with Crippen molar-refractivity contribution in [3.8, 4) is 0 Å². The number of rotatable bonds is 3. The van der Waals surface area contributed by atoms with Crippen molar-refractivity contribution in [3.05, 3.63) is 29.6 Å². The largest absolute Gasteiger partial charge is 0.326 e. The van der Waals surface area contributed by atoms with Crippen LogP contribution in [0, 0.1) is 17.7 Å². The number of amides is 3. The number of nitrogens with two attached hydrogens (primary N) is 1. The van der Waals surface area contributed by atoms with E-state index >= 15 is 0 Å². The topological polar surface area (TPSA) is 83.1 Å². The number of hydrogen-bond acceptors (Lipinski definition) is 4. The van der Waals surface area contributed by atoms with E-state index in [1.54, 1.807) is 11.8 Å². The summed E-state index contributed by atoms with van der Waals surface area (Å²) in [4.78, 5) is 41.3. The number of imide groups is 1. The lowest BCUT2D eigenvalue weighted by atomic mass is 9.76. The molecule has 6 nitrogen and oxygen atoms in total. The highest BCUT2D eigenvalue weighted by Crippen LogP contribution is 2.50. The van der Waals surface area contributed by atoms with Gasteiger partial charge in [0.25, 0.3) is 5.91 Å². The predicted molar refractivity (Wildman–Crippen MR) is 104 cm³/mol. The van der Waals surface area contributed by atoms with Crippen LogP contribution in [0.4, 0.5) is 10.1 Å². The predicted octanol–water partition coefficient (Wildman–Crippen LogP) is 1.07. The summed E-state index contributed by atoms with van der Waals surface area (Å²) in [7, 11) is 0. The summed E-state index contributed by atoms with van der Waals surface area (Å²) in [6.07, 6.45) is 2.68. The minimum Gasteiger partial charge on any atom is -0.326 e. The molecule has 3 aliphatic heterocycles. The van der Waals surface area contributed by atoms with E-state index in [0.717, 1.165) is 5.75 Å². The number of likely N-dealkylation sites (tertiary alicyclic amines) is 1. The third-order valence-corrected chi connectivity index (χ3v) is 6.80. The zero-order chi connectivity index (χ0) is 20.4. The Morgan fingerprint density at radius 2 is 1.96 bits per heavy atom. The van der Waals surface area contributed by atoms with Gasteiger partial charge < -0.3 is 10.6 Å². The standard InChI is InChI=1S/C20H24FN3O3S/c1-19(2,3)24-16(25)14-13(7-8-28-4)23-20(15(14)17(24)26)11-9-10(21)5-6-12(11)22-18(20)27/h5-6,9,13-15,23H,7-8H2,1-4H3,(H,22,27)/p+1/t13-,14+,15-,20+/m0/s1. The van der Waals surface area contributed by atoms with Crippen LogP contribution in [0.15, 0.2) is 18.2 Å². The lowest BCUT2D eigenvalue weighted by molar-refractivity contribution is -0.733. The number of thioether (sulfide) groups is 1. The Morgan fingerprint density at radius 3 is 2.61 bits per heavy atom. The SMILES string of the molecule is CSCC[C@@H]1[NH2+][C@@]2(C(=O)Nc3ccc(F)cc32)[C@@H]2C(=O)N(C(C)(C)C)C(=O)[C@H]12. The molecule has 28 heavy (non-hydrogen) atoms. The average molecular weight is 407 g/mol. The minimum atomic E-state index is -1.29. The molecule has 1 aromatic rings. The fourth-order valence-corrected chi connectivity index (χ4v) is 5.62. The van der Waals surface area contributed by atoms with Crippen molar-refractivity contribution in [2.24, 2.45) is 11.8 Å². The highest BCUT2D eigenvalue weighted by molar-refractivity contribution is 7.98. The number of benzene rings is 1. The Balaban J connectivity index is 1.89. The Bertz CT molecular complexity index is 884. The molecule has 2 fully saturated rings. The van der Waals surface area contributed by atoms with Crippen molar-refractivity contribution in [2.45, 2.75) is 44.3 Å². The maximum absolute atomic E-state index is 14.1. The number of fused-ring (bicyclic) bond motifs is 4. The molecule has 4 atom stereocenters. The van der Waals surface area contributed by atoms with Crippen LogP contribution >= 0.6 is 11.8 Å². The van der Waals surface area contributed by atoms with Crippen molar-refractivity contribution in [1.82, 2.24) is 4.90 Å². The fraction of sp³-hybridized carbons (Fsp3) is 0.550. The van der Waals surface area contributed by atoms with E-state index in [-0.39, 0.29) is 23.8 Å². The molecule has 3 heterocycles. The number of anilines is 1. The number of carbonyl (C=O) groups is 3. The number of nitrogens with zero attached hydrogens (tertiary/aromatic N) is 1. The molecule has 3 N–H and O–H groups in total. The summed E-state index contributed by atoms with van der Waals surface area (Å²) in [6, 6.07) is 3.94. The average Bonchev–Trinajstić information content (AvgIpc) is 3.18. The summed E-state index contributed by atoms with van der Waals surface area (Å²) >= 11 is 1.66. The number of nitrogens with one attached hydrogen (secondary N) is 1. The smallest absolute Gasteiger partial charge is 0.291 e.